The quantitative estimate of drug-likeness (QED) is 0.715. The first-order valence-electron chi connectivity index (χ1n) is 3.85. The number of thiophene rings is 1. The largest absolute Gasteiger partial charge is 0.444 e. The summed E-state index contributed by atoms with van der Waals surface area (Å²) in [6, 6.07) is 2.05. The van der Waals surface area contributed by atoms with Crippen LogP contribution in [-0.2, 0) is 5.88 Å². The van der Waals surface area contributed by atoms with Crippen LogP contribution < -0.4 is 0 Å². The minimum atomic E-state index is 0.397. The molecule has 0 atom stereocenters. The van der Waals surface area contributed by atoms with Gasteiger partial charge < -0.3 is 4.42 Å². The first-order chi connectivity index (χ1) is 6.29. The molecule has 0 saturated heterocycles. The smallest absolute Gasteiger partial charge is 0.236 e. The first-order valence-corrected chi connectivity index (χ1v) is 5.27. The highest BCUT2D eigenvalue weighted by atomic mass is 35.5. The molecular formula is C9H8ClNOS. The highest BCUT2D eigenvalue weighted by Gasteiger charge is 2.07. The second-order valence-corrected chi connectivity index (χ2v) is 3.94. The molecule has 0 aliphatic carbocycles. The molecule has 2 aromatic rings. The van der Waals surface area contributed by atoms with Crippen molar-refractivity contribution in [3.63, 3.8) is 0 Å². The predicted octanol–water partition coefficient (Wildman–Crippen LogP) is 3.45. The number of hydrogen-bond acceptors (Lipinski definition) is 3. The summed E-state index contributed by atoms with van der Waals surface area (Å²) in [5.41, 5.74) is 2.01. The molecule has 2 aromatic heterocycles. The molecule has 0 aromatic carbocycles. The summed E-state index contributed by atoms with van der Waals surface area (Å²) in [5.74, 6) is 1.06. The molecule has 2 rings (SSSR count). The van der Waals surface area contributed by atoms with E-state index in [0.29, 0.717) is 11.8 Å². The van der Waals surface area contributed by atoms with Crippen LogP contribution in [0.5, 0.6) is 0 Å². The van der Waals surface area contributed by atoms with E-state index in [1.165, 1.54) is 5.56 Å². The summed E-state index contributed by atoms with van der Waals surface area (Å²) in [6.45, 7) is 2.05. The van der Waals surface area contributed by atoms with Crippen LogP contribution in [0.25, 0.3) is 10.8 Å². The van der Waals surface area contributed by atoms with E-state index in [4.69, 9.17) is 16.0 Å². The van der Waals surface area contributed by atoms with Crippen molar-refractivity contribution in [2.24, 2.45) is 0 Å². The zero-order valence-electron chi connectivity index (χ0n) is 7.08. The molecule has 4 heteroatoms. The molecule has 0 N–H and O–H groups in total. The number of aromatic nitrogens is 1. The SMILES string of the molecule is Cc1csc(-c2nc(CCl)co2)c1. The van der Waals surface area contributed by atoms with E-state index in [2.05, 4.69) is 16.4 Å². The Hall–Kier alpha value is -0.800. The number of rotatable bonds is 2. The maximum Gasteiger partial charge on any atom is 0.236 e. The molecule has 0 bridgehead atoms. The molecular weight excluding hydrogens is 206 g/mol. The second-order valence-electron chi connectivity index (χ2n) is 2.77. The van der Waals surface area contributed by atoms with Crippen molar-refractivity contribution >= 4 is 22.9 Å². The van der Waals surface area contributed by atoms with Crippen molar-refractivity contribution < 1.29 is 4.42 Å². The lowest BCUT2D eigenvalue weighted by Gasteiger charge is -1.84. The van der Waals surface area contributed by atoms with E-state index < -0.39 is 0 Å². The summed E-state index contributed by atoms with van der Waals surface area (Å²) in [4.78, 5) is 5.27. The monoisotopic (exact) mass is 213 g/mol. The van der Waals surface area contributed by atoms with Crippen LogP contribution >= 0.6 is 22.9 Å². The number of hydrogen-bond donors (Lipinski definition) is 0. The van der Waals surface area contributed by atoms with Gasteiger partial charge in [0.15, 0.2) is 0 Å². The third kappa shape index (κ3) is 1.76. The van der Waals surface area contributed by atoms with Crippen molar-refractivity contribution in [2.75, 3.05) is 0 Å². The van der Waals surface area contributed by atoms with Crippen molar-refractivity contribution in [3.8, 4) is 10.8 Å². The third-order valence-corrected chi connectivity index (χ3v) is 2.94. The molecule has 0 fully saturated rings. The fraction of sp³-hybridized carbons (Fsp3) is 0.222. The summed E-state index contributed by atoms with van der Waals surface area (Å²) in [6.07, 6.45) is 1.59. The third-order valence-electron chi connectivity index (χ3n) is 1.63. The molecule has 0 aliphatic rings. The lowest BCUT2D eigenvalue weighted by atomic mass is 10.3. The Morgan fingerprint density at radius 1 is 1.62 bits per heavy atom. The lowest BCUT2D eigenvalue weighted by molar-refractivity contribution is 0.575. The van der Waals surface area contributed by atoms with E-state index in [1.54, 1.807) is 17.6 Å². The Morgan fingerprint density at radius 3 is 3.00 bits per heavy atom. The van der Waals surface area contributed by atoms with E-state index in [0.717, 1.165) is 10.6 Å². The Labute approximate surface area is 85.2 Å². The van der Waals surface area contributed by atoms with Gasteiger partial charge in [-0.3, -0.25) is 0 Å². The van der Waals surface area contributed by atoms with Gasteiger partial charge in [-0.1, -0.05) is 0 Å². The van der Waals surface area contributed by atoms with Gasteiger partial charge in [0.2, 0.25) is 5.89 Å². The van der Waals surface area contributed by atoms with Crippen molar-refractivity contribution in [2.45, 2.75) is 12.8 Å². The molecule has 2 nitrogen and oxygen atoms in total. The van der Waals surface area contributed by atoms with Crippen LogP contribution in [0, 0.1) is 6.92 Å². The minimum absolute atomic E-state index is 0.397. The highest BCUT2D eigenvalue weighted by molar-refractivity contribution is 7.13. The van der Waals surface area contributed by atoms with Crippen LogP contribution in [0.15, 0.2) is 22.1 Å². The Bertz CT molecular complexity index is 407. The number of oxazole rings is 1. The Kier molecular flexibility index (Phi) is 2.38. The highest BCUT2D eigenvalue weighted by Crippen LogP contribution is 2.26. The van der Waals surface area contributed by atoms with Crippen molar-refractivity contribution in [1.29, 1.82) is 0 Å². The summed E-state index contributed by atoms with van der Waals surface area (Å²) in [7, 11) is 0. The zero-order chi connectivity index (χ0) is 9.26. The summed E-state index contributed by atoms with van der Waals surface area (Å²) < 4.78 is 5.27. The summed E-state index contributed by atoms with van der Waals surface area (Å²) in [5, 5.41) is 2.07. The fourth-order valence-corrected chi connectivity index (χ4v) is 1.98. The van der Waals surface area contributed by atoms with Crippen molar-refractivity contribution in [3.05, 3.63) is 29.0 Å². The van der Waals surface area contributed by atoms with Crippen LogP contribution in [0.3, 0.4) is 0 Å². The Morgan fingerprint density at radius 2 is 2.46 bits per heavy atom. The van der Waals surface area contributed by atoms with E-state index in [9.17, 15) is 0 Å². The summed E-state index contributed by atoms with van der Waals surface area (Å²) >= 11 is 7.24. The lowest BCUT2D eigenvalue weighted by Crippen LogP contribution is -1.75. The van der Waals surface area contributed by atoms with E-state index in [-0.39, 0.29) is 0 Å². The maximum absolute atomic E-state index is 5.61. The molecule has 68 valence electrons. The van der Waals surface area contributed by atoms with Gasteiger partial charge in [-0.25, -0.2) is 4.98 Å². The number of halogens is 1. The number of alkyl halides is 1. The number of nitrogens with zero attached hydrogens (tertiary/aromatic N) is 1. The van der Waals surface area contributed by atoms with Crippen LogP contribution in [0.2, 0.25) is 0 Å². The van der Waals surface area contributed by atoms with Gasteiger partial charge >= 0.3 is 0 Å². The van der Waals surface area contributed by atoms with Crippen molar-refractivity contribution in [1.82, 2.24) is 4.98 Å². The predicted molar refractivity (Wildman–Crippen MR) is 54.1 cm³/mol. The van der Waals surface area contributed by atoms with Crippen LogP contribution in [0.4, 0.5) is 0 Å². The first kappa shape index (κ1) is 8.78. The molecule has 0 amide bonds. The van der Waals surface area contributed by atoms with Gasteiger partial charge in [0.25, 0.3) is 0 Å². The van der Waals surface area contributed by atoms with Crippen LogP contribution in [0.1, 0.15) is 11.3 Å². The molecule has 0 spiro atoms. The van der Waals surface area contributed by atoms with Gasteiger partial charge in [0.05, 0.1) is 16.5 Å². The molecule has 0 radical (unpaired) electrons. The molecule has 2 heterocycles. The molecule has 0 unspecified atom stereocenters. The van der Waals surface area contributed by atoms with Crippen LogP contribution in [-0.4, -0.2) is 4.98 Å². The zero-order valence-corrected chi connectivity index (χ0v) is 8.65. The number of aryl methyl sites for hydroxylation is 1. The average molecular weight is 214 g/mol. The standard InChI is InChI=1S/C9H8ClNOS/c1-6-2-8(13-5-6)9-11-7(3-10)4-12-9/h2,4-5H,3H2,1H3. The molecule has 13 heavy (non-hydrogen) atoms. The van der Waals surface area contributed by atoms with Gasteiger partial charge in [-0.05, 0) is 23.9 Å². The average Bonchev–Trinajstić information content (AvgIpc) is 2.71. The van der Waals surface area contributed by atoms with Gasteiger partial charge in [-0.15, -0.1) is 22.9 Å². The van der Waals surface area contributed by atoms with Gasteiger partial charge in [0, 0.05) is 0 Å². The molecule has 0 aliphatic heterocycles. The van der Waals surface area contributed by atoms with E-state index in [1.807, 2.05) is 6.92 Å². The van der Waals surface area contributed by atoms with Gasteiger partial charge in [-0.2, -0.15) is 0 Å². The Balaban J connectivity index is 2.35. The maximum atomic E-state index is 5.61. The normalized spacial score (nSPS) is 10.6. The molecule has 0 saturated carbocycles. The topological polar surface area (TPSA) is 26.0 Å². The van der Waals surface area contributed by atoms with E-state index >= 15 is 0 Å². The minimum Gasteiger partial charge on any atom is -0.444 e. The van der Waals surface area contributed by atoms with Gasteiger partial charge in [0.1, 0.15) is 6.26 Å². The fourth-order valence-electron chi connectivity index (χ4n) is 1.02. The second kappa shape index (κ2) is 3.52.